The summed E-state index contributed by atoms with van der Waals surface area (Å²) in [6.07, 6.45) is 3.89. The fourth-order valence-electron chi connectivity index (χ4n) is 2.85. The number of hydrogen-bond donors (Lipinski definition) is 0. The Balaban J connectivity index is 1.68. The third-order valence-electron chi connectivity index (χ3n) is 4.21. The predicted octanol–water partition coefficient (Wildman–Crippen LogP) is 2.63. The topological polar surface area (TPSA) is 58.6 Å². The molecule has 0 spiro atoms. The van der Waals surface area contributed by atoms with Crippen LogP contribution < -0.4 is 14.5 Å². The zero-order valence-corrected chi connectivity index (χ0v) is 14.4. The van der Waals surface area contributed by atoms with Gasteiger partial charge in [0.15, 0.2) is 5.75 Å². The van der Waals surface area contributed by atoms with Crippen LogP contribution in [0.2, 0.25) is 5.02 Å². The van der Waals surface area contributed by atoms with Gasteiger partial charge in [0, 0.05) is 20.1 Å². The molecule has 126 valence electrons. The van der Waals surface area contributed by atoms with Gasteiger partial charge in [0.1, 0.15) is 0 Å². The predicted molar refractivity (Wildman–Crippen MR) is 93.8 cm³/mol. The number of nitrogens with zero attached hydrogens (tertiary/aromatic N) is 4. The van der Waals surface area contributed by atoms with Crippen molar-refractivity contribution in [3.63, 3.8) is 0 Å². The summed E-state index contributed by atoms with van der Waals surface area (Å²) in [5.41, 5.74) is 0.970. The molecular weight excluding hydrogens is 328 g/mol. The molecule has 2 aromatic rings. The zero-order chi connectivity index (χ0) is 17.1. The molecule has 1 fully saturated rings. The number of halogens is 1. The van der Waals surface area contributed by atoms with Crippen LogP contribution in [0.3, 0.4) is 0 Å². The number of aromatic nitrogens is 2. The van der Waals surface area contributed by atoms with E-state index in [0.717, 1.165) is 18.7 Å². The molecule has 3 rings (SSSR count). The standard InChI is InChI=1S/C17H19ClN4O2/c1-21(17-19-9-13(24-2)10-20-17)16(23)12-7-8-22(11-12)15-6-4-3-5-14(15)18/h3-6,9-10,12H,7-8,11H2,1-2H3/t12-/m0/s1. The van der Waals surface area contributed by atoms with Crippen molar-refractivity contribution in [3.8, 4) is 5.75 Å². The number of methoxy groups -OCH3 is 1. The van der Waals surface area contributed by atoms with Gasteiger partial charge in [0.2, 0.25) is 11.9 Å². The number of carbonyl (C=O) groups excluding carboxylic acids is 1. The fraction of sp³-hybridized carbons (Fsp3) is 0.353. The zero-order valence-electron chi connectivity index (χ0n) is 13.6. The number of rotatable bonds is 4. The molecule has 1 aromatic heterocycles. The van der Waals surface area contributed by atoms with Crippen LogP contribution in [0.1, 0.15) is 6.42 Å². The number of para-hydroxylation sites is 1. The summed E-state index contributed by atoms with van der Waals surface area (Å²) >= 11 is 6.25. The summed E-state index contributed by atoms with van der Waals surface area (Å²) in [4.78, 5) is 24.7. The second-order valence-corrected chi connectivity index (χ2v) is 6.11. The number of benzene rings is 1. The van der Waals surface area contributed by atoms with Gasteiger partial charge in [-0.1, -0.05) is 23.7 Å². The van der Waals surface area contributed by atoms with Gasteiger partial charge < -0.3 is 9.64 Å². The van der Waals surface area contributed by atoms with Crippen molar-refractivity contribution in [1.29, 1.82) is 0 Å². The number of ether oxygens (including phenoxy) is 1. The lowest BCUT2D eigenvalue weighted by atomic mass is 10.1. The minimum atomic E-state index is -0.100. The SMILES string of the molecule is COc1cnc(N(C)C(=O)[C@H]2CCN(c3ccccc3Cl)C2)nc1. The summed E-state index contributed by atoms with van der Waals surface area (Å²) in [7, 11) is 3.25. The number of hydrogen-bond acceptors (Lipinski definition) is 5. The minimum Gasteiger partial charge on any atom is -0.494 e. The first-order valence-corrected chi connectivity index (χ1v) is 8.11. The van der Waals surface area contributed by atoms with Gasteiger partial charge in [-0.15, -0.1) is 0 Å². The molecule has 0 bridgehead atoms. The van der Waals surface area contributed by atoms with Crippen LogP contribution in [0.5, 0.6) is 5.75 Å². The van der Waals surface area contributed by atoms with Gasteiger partial charge in [-0.2, -0.15) is 0 Å². The molecule has 0 radical (unpaired) electrons. The lowest BCUT2D eigenvalue weighted by Gasteiger charge is -2.22. The first-order valence-electron chi connectivity index (χ1n) is 7.73. The van der Waals surface area contributed by atoms with Gasteiger partial charge >= 0.3 is 0 Å². The van der Waals surface area contributed by atoms with Gasteiger partial charge in [0.05, 0.1) is 36.1 Å². The monoisotopic (exact) mass is 346 g/mol. The van der Waals surface area contributed by atoms with Crippen molar-refractivity contribution in [3.05, 3.63) is 41.7 Å². The highest BCUT2D eigenvalue weighted by atomic mass is 35.5. The van der Waals surface area contributed by atoms with Crippen molar-refractivity contribution >= 4 is 29.1 Å². The molecule has 1 atom stereocenters. The molecule has 1 aliphatic heterocycles. The Kier molecular flexibility index (Phi) is 4.85. The Hall–Kier alpha value is -2.34. The molecule has 2 heterocycles. The van der Waals surface area contributed by atoms with Crippen molar-refractivity contribution < 1.29 is 9.53 Å². The molecule has 7 heteroatoms. The van der Waals surface area contributed by atoms with Gasteiger partial charge in [-0.25, -0.2) is 9.97 Å². The summed E-state index contributed by atoms with van der Waals surface area (Å²) in [6.45, 7) is 1.44. The van der Waals surface area contributed by atoms with Crippen LogP contribution in [0, 0.1) is 5.92 Å². The summed E-state index contributed by atoms with van der Waals surface area (Å²) in [6, 6.07) is 7.70. The number of amides is 1. The van der Waals surface area contributed by atoms with E-state index in [1.807, 2.05) is 24.3 Å². The second-order valence-electron chi connectivity index (χ2n) is 5.70. The number of anilines is 2. The van der Waals surface area contributed by atoms with Crippen LogP contribution in [0.15, 0.2) is 36.7 Å². The molecule has 0 unspecified atom stereocenters. The lowest BCUT2D eigenvalue weighted by Crippen LogP contribution is -2.35. The van der Waals surface area contributed by atoms with E-state index >= 15 is 0 Å². The molecule has 6 nitrogen and oxygen atoms in total. The minimum absolute atomic E-state index is 0.00900. The molecule has 1 amide bonds. The fourth-order valence-corrected chi connectivity index (χ4v) is 3.10. The maximum atomic E-state index is 12.7. The van der Waals surface area contributed by atoms with E-state index < -0.39 is 0 Å². The highest BCUT2D eigenvalue weighted by Crippen LogP contribution is 2.31. The van der Waals surface area contributed by atoms with E-state index in [4.69, 9.17) is 16.3 Å². The lowest BCUT2D eigenvalue weighted by molar-refractivity contribution is -0.121. The molecule has 0 N–H and O–H groups in total. The average molecular weight is 347 g/mol. The number of carbonyl (C=O) groups is 1. The smallest absolute Gasteiger partial charge is 0.234 e. The highest BCUT2D eigenvalue weighted by Gasteiger charge is 2.32. The Morgan fingerprint density at radius 1 is 1.33 bits per heavy atom. The molecule has 0 aliphatic carbocycles. The first-order chi connectivity index (χ1) is 11.6. The van der Waals surface area contributed by atoms with E-state index in [-0.39, 0.29) is 11.8 Å². The summed E-state index contributed by atoms with van der Waals surface area (Å²) in [5.74, 6) is 0.842. The Bertz CT molecular complexity index is 723. The Labute approximate surface area is 146 Å². The molecule has 1 aliphatic rings. The van der Waals surface area contributed by atoms with Crippen LogP contribution in [0.25, 0.3) is 0 Å². The van der Waals surface area contributed by atoms with Gasteiger partial charge in [-0.3, -0.25) is 9.69 Å². The van der Waals surface area contributed by atoms with Crippen molar-refractivity contribution in [2.75, 3.05) is 37.0 Å². The maximum Gasteiger partial charge on any atom is 0.234 e. The van der Waals surface area contributed by atoms with E-state index in [1.54, 1.807) is 26.6 Å². The van der Waals surface area contributed by atoms with Crippen LogP contribution in [-0.4, -0.2) is 43.1 Å². The normalized spacial score (nSPS) is 17.0. The Morgan fingerprint density at radius 2 is 2.04 bits per heavy atom. The van der Waals surface area contributed by atoms with Crippen molar-refractivity contribution in [2.45, 2.75) is 6.42 Å². The molecule has 1 aromatic carbocycles. The van der Waals surface area contributed by atoms with E-state index in [2.05, 4.69) is 14.9 Å². The molecule has 1 saturated heterocycles. The van der Waals surface area contributed by atoms with Crippen molar-refractivity contribution in [2.24, 2.45) is 5.92 Å². The van der Waals surface area contributed by atoms with Crippen LogP contribution in [0.4, 0.5) is 11.6 Å². The summed E-state index contributed by atoms with van der Waals surface area (Å²) in [5, 5.41) is 0.706. The summed E-state index contributed by atoms with van der Waals surface area (Å²) < 4.78 is 5.04. The van der Waals surface area contributed by atoms with E-state index in [1.165, 1.54) is 4.90 Å². The molecule has 0 saturated carbocycles. The second kappa shape index (κ2) is 7.05. The highest BCUT2D eigenvalue weighted by molar-refractivity contribution is 6.33. The maximum absolute atomic E-state index is 12.7. The van der Waals surface area contributed by atoms with Crippen LogP contribution in [-0.2, 0) is 4.79 Å². The third-order valence-corrected chi connectivity index (χ3v) is 4.53. The average Bonchev–Trinajstić information content (AvgIpc) is 3.11. The largest absolute Gasteiger partial charge is 0.494 e. The van der Waals surface area contributed by atoms with E-state index in [9.17, 15) is 4.79 Å². The third kappa shape index (κ3) is 3.28. The van der Waals surface area contributed by atoms with Crippen molar-refractivity contribution in [1.82, 2.24) is 9.97 Å². The molecule has 24 heavy (non-hydrogen) atoms. The van der Waals surface area contributed by atoms with E-state index in [0.29, 0.717) is 23.3 Å². The van der Waals surface area contributed by atoms with Gasteiger partial charge in [-0.05, 0) is 18.6 Å². The quantitative estimate of drug-likeness (QED) is 0.851. The van der Waals surface area contributed by atoms with Gasteiger partial charge in [0.25, 0.3) is 0 Å². The first kappa shape index (κ1) is 16.5. The molecular formula is C17H19ClN4O2. The Morgan fingerprint density at radius 3 is 2.71 bits per heavy atom. The van der Waals surface area contributed by atoms with Crippen LogP contribution >= 0.6 is 11.6 Å².